The largest absolute Gasteiger partial charge is 0.394 e. The lowest BCUT2D eigenvalue weighted by Crippen LogP contribution is -2.45. The van der Waals surface area contributed by atoms with Crippen molar-refractivity contribution in [2.75, 3.05) is 6.61 Å². The minimum absolute atomic E-state index is 0.0610. The summed E-state index contributed by atoms with van der Waals surface area (Å²) in [6.07, 6.45) is 73.5. The van der Waals surface area contributed by atoms with E-state index in [4.69, 9.17) is 0 Å². The third-order valence-electron chi connectivity index (χ3n) is 13.7. The predicted molar refractivity (Wildman–Crippen MR) is 281 cm³/mol. The van der Waals surface area contributed by atoms with Gasteiger partial charge in [-0.1, -0.05) is 301 Å². The Kier molecular flexibility index (Phi) is 54.2. The summed E-state index contributed by atoms with van der Waals surface area (Å²) in [5, 5.41) is 23.2. The lowest BCUT2D eigenvalue weighted by atomic mass is 10.0. The van der Waals surface area contributed by atoms with Crippen LogP contribution in [0.2, 0.25) is 0 Å². The summed E-state index contributed by atoms with van der Waals surface area (Å²) < 4.78 is 0. The van der Waals surface area contributed by atoms with Gasteiger partial charge in [-0.25, -0.2) is 0 Å². The standard InChI is InChI=1S/C59H115NO3/c1-3-5-7-9-11-13-15-17-19-21-23-25-26-27-28-29-30-31-32-33-35-36-38-40-42-44-46-48-50-52-54-58(62)57(56-61)60-59(63)55-53-51-49-47-45-43-41-39-37-34-24-22-20-18-16-14-12-10-8-6-4-2/h22,24,52,54,57-58,61-62H,3-21,23,25-51,53,55-56H2,1-2H3,(H,60,63)/b24-22-,54-52+. The Morgan fingerprint density at radius 1 is 0.365 bits per heavy atom. The molecular weight excluding hydrogens is 771 g/mol. The summed E-state index contributed by atoms with van der Waals surface area (Å²) in [4.78, 5) is 12.5. The topological polar surface area (TPSA) is 69.6 Å². The number of hydrogen-bond acceptors (Lipinski definition) is 3. The Bertz CT molecular complexity index is 916. The maximum Gasteiger partial charge on any atom is 0.220 e. The number of carbonyl (C=O) groups excluding carboxylic acids is 1. The zero-order valence-electron chi connectivity index (χ0n) is 43.1. The summed E-state index contributed by atoms with van der Waals surface area (Å²) in [6, 6.07) is -0.622. The predicted octanol–water partition coefficient (Wildman–Crippen LogP) is 19.1. The maximum absolute atomic E-state index is 12.5. The number of rotatable bonds is 54. The van der Waals surface area contributed by atoms with Crippen molar-refractivity contribution in [1.29, 1.82) is 0 Å². The van der Waals surface area contributed by atoms with Gasteiger partial charge in [-0.15, -0.1) is 0 Å². The molecular formula is C59H115NO3. The van der Waals surface area contributed by atoms with Crippen LogP contribution in [0.25, 0.3) is 0 Å². The van der Waals surface area contributed by atoms with E-state index in [1.807, 2.05) is 6.08 Å². The number of amides is 1. The lowest BCUT2D eigenvalue weighted by molar-refractivity contribution is -0.123. The van der Waals surface area contributed by atoms with Gasteiger partial charge < -0.3 is 15.5 Å². The fourth-order valence-corrected chi connectivity index (χ4v) is 9.24. The van der Waals surface area contributed by atoms with Crippen molar-refractivity contribution in [2.45, 2.75) is 341 Å². The molecule has 0 aromatic carbocycles. The van der Waals surface area contributed by atoms with Gasteiger partial charge in [0.2, 0.25) is 5.91 Å². The fraction of sp³-hybridized carbons (Fsp3) is 0.915. The van der Waals surface area contributed by atoms with Crippen LogP contribution in [0.5, 0.6) is 0 Å². The summed E-state index contributed by atoms with van der Waals surface area (Å²) in [5.74, 6) is -0.0610. The minimum atomic E-state index is -0.839. The smallest absolute Gasteiger partial charge is 0.220 e. The Hall–Kier alpha value is -1.13. The first-order valence-electron chi connectivity index (χ1n) is 29.1. The molecule has 0 fully saturated rings. The highest BCUT2D eigenvalue weighted by atomic mass is 16.3. The molecule has 0 bridgehead atoms. The molecule has 4 nitrogen and oxygen atoms in total. The molecule has 0 saturated heterocycles. The molecule has 4 heteroatoms. The van der Waals surface area contributed by atoms with Gasteiger partial charge in [0.1, 0.15) is 0 Å². The van der Waals surface area contributed by atoms with Crippen molar-refractivity contribution in [1.82, 2.24) is 5.32 Å². The molecule has 0 aromatic rings. The Morgan fingerprint density at radius 2 is 0.603 bits per heavy atom. The first-order chi connectivity index (χ1) is 31.2. The molecule has 0 saturated carbocycles. The quantitative estimate of drug-likeness (QED) is 0.0421. The van der Waals surface area contributed by atoms with Crippen molar-refractivity contribution in [3.8, 4) is 0 Å². The Labute approximate surface area is 396 Å². The van der Waals surface area contributed by atoms with Gasteiger partial charge in [-0.05, 0) is 44.9 Å². The molecule has 0 aliphatic carbocycles. The first kappa shape index (κ1) is 61.9. The van der Waals surface area contributed by atoms with Crippen LogP contribution < -0.4 is 5.32 Å². The number of allylic oxidation sites excluding steroid dienone is 3. The minimum Gasteiger partial charge on any atom is -0.394 e. The van der Waals surface area contributed by atoms with E-state index in [1.165, 1.54) is 283 Å². The molecule has 0 aromatic heterocycles. The molecule has 374 valence electrons. The van der Waals surface area contributed by atoms with Crippen LogP contribution in [0.4, 0.5) is 0 Å². The second-order valence-corrected chi connectivity index (χ2v) is 20.1. The van der Waals surface area contributed by atoms with Crippen molar-refractivity contribution in [3.05, 3.63) is 24.3 Å². The zero-order chi connectivity index (χ0) is 45.6. The highest BCUT2D eigenvalue weighted by Crippen LogP contribution is 2.18. The van der Waals surface area contributed by atoms with E-state index in [0.29, 0.717) is 6.42 Å². The molecule has 2 unspecified atom stereocenters. The highest BCUT2D eigenvalue weighted by Gasteiger charge is 2.18. The van der Waals surface area contributed by atoms with E-state index in [2.05, 4.69) is 31.3 Å². The number of nitrogens with one attached hydrogen (secondary N) is 1. The number of carbonyl (C=O) groups is 1. The Morgan fingerprint density at radius 3 is 0.873 bits per heavy atom. The van der Waals surface area contributed by atoms with Gasteiger partial charge in [0, 0.05) is 6.42 Å². The molecule has 1 amide bonds. The SMILES string of the molecule is CCCCCCCCCC/C=C\CCCCCCCCCCCC(=O)NC(CO)C(O)/C=C/CCCCCCCCCCCCCCCCCCCCCCCCCCCCCC. The van der Waals surface area contributed by atoms with Crippen LogP contribution >= 0.6 is 0 Å². The van der Waals surface area contributed by atoms with Gasteiger partial charge >= 0.3 is 0 Å². The summed E-state index contributed by atoms with van der Waals surface area (Å²) in [5.41, 5.74) is 0. The number of hydrogen-bond donors (Lipinski definition) is 3. The molecule has 3 N–H and O–H groups in total. The molecule has 0 heterocycles. The molecule has 2 atom stereocenters. The van der Waals surface area contributed by atoms with Crippen LogP contribution in [0.1, 0.15) is 328 Å². The van der Waals surface area contributed by atoms with Crippen LogP contribution in [-0.2, 0) is 4.79 Å². The highest BCUT2D eigenvalue weighted by molar-refractivity contribution is 5.76. The molecule has 0 aliphatic heterocycles. The normalized spacial score (nSPS) is 12.9. The van der Waals surface area contributed by atoms with Gasteiger partial charge in [-0.3, -0.25) is 4.79 Å². The van der Waals surface area contributed by atoms with E-state index >= 15 is 0 Å². The average molecular weight is 887 g/mol. The number of unbranched alkanes of at least 4 members (excludes halogenated alkanes) is 45. The maximum atomic E-state index is 12.5. The monoisotopic (exact) mass is 886 g/mol. The van der Waals surface area contributed by atoms with Crippen LogP contribution in [0.3, 0.4) is 0 Å². The van der Waals surface area contributed by atoms with Crippen molar-refractivity contribution in [3.63, 3.8) is 0 Å². The second kappa shape index (κ2) is 55.2. The van der Waals surface area contributed by atoms with E-state index in [1.54, 1.807) is 6.08 Å². The summed E-state index contributed by atoms with van der Waals surface area (Å²) in [6.45, 7) is 4.34. The van der Waals surface area contributed by atoms with Gasteiger partial charge in [0.25, 0.3) is 0 Å². The zero-order valence-corrected chi connectivity index (χ0v) is 43.1. The second-order valence-electron chi connectivity index (χ2n) is 20.1. The van der Waals surface area contributed by atoms with Crippen molar-refractivity contribution >= 4 is 5.91 Å². The lowest BCUT2D eigenvalue weighted by Gasteiger charge is -2.20. The van der Waals surface area contributed by atoms with Gasteiger partial charge in [0.15, 0.2) is 0 Å². The van der Waals surface area contributed by atoms with Crippen LogP contribution in [0.15, 0.2) is 24.3 Å². The van der Waals surface area contributed by atoms with E-state index in [0.717, 1.165) is 25.7 Å². The number of aliphatic hydroxyl groups is 2. The average Bonchev–Trinajstić information content (AvgIpc) is 3.29. The van der Waals surface area contributed by atoms with E-state index < -0.39 is 12.1 Å². The summed E-state index contributed by atoms with van der Waals surface area (Å²) >= 11 is 0. The molecule has 0 aliphatic rings. The van der Waals surface area contributed by atoms with Crippen LogP contribution in [-0.4, -0.2) is 34.9 Å². The third kappa shape index (κ3) is 51.7. The molecule has 0 radical (unpaired) electrons. The van der Waals surface area contributed by atoms with E-state index in [-0.39, 0.29) is 12.5 Å². The fourth-order valence-electron chi connectivity index (χ4n) is 9.24. The van der Waals surface area contributed by atoms with Crippen molar-refractivity contribution in [2.24, 2.45) is 0 Å². The van der Waals surface area contributed by atoms with Crippen LogP contribution in [0, 0.1) is 0 Å². The third-order valence-corrected chi connectivity index (χ3v) is 13.7. The van der Waals surface area contributed by atoms with E-state index in [9.17, 15) is 15.0 Å². The van der Waals surface area contributed by atoms with Gasteiger partial charge in [0.05, 0.1) is 18.8 Å². The first-order valence-corrected chi connectivity index (χ1v) is 29.1. The molecule has 0 spiro atoms. The summed E-state index contributed by atoms with van der Waals surface area (Å²) in [7, 11) is 0. The number of aliphatic hydroxyl groups excluding tert-OH is 2. The molecule has 63 heavy (non-hydrogen) atoms. The van der Waals surface area contributed by atoms with Crippen molar-refractivity contribution < 1.29 is 15.0 Å². The van der Waals surface area contributed by atoms with Gasteiger partial charge in [-0.2, -0.15) is 0 Å². The Balaban J connectivity index is 3.45. The molecule has 0 rings (SSSR count).